The molecule has 1 aliphatic heterocycles. The van der Waals surface area contributed by atoms with Crippen molar-refractivity contribution in [3.05, 3.63) is 63.8 Å². The average Bonchev–Trinajstić information content (AvgIpc) is 2.74. The molecule has 0 saturated carbocycles. The third-order valence-corrected chi connectivity index (χ3v) is 6.41. The Labute approximate surface area is 189 Å². The van der Waals surface area contributed by atoms with Crippen LogP contribution < -0.4 is 21.1 Å². The Morgan fingerprint density at radius 3 is 2.56 bits per heavy atom. The van der Waals surface area contributed by atoms with Crippen molar-refractivity contribution in [1.29, 1.82) is 0 Å². The molecule has 0 amide bonds. The number of benzene rings is 2. The maximum absolute atomic E-state index is 12.9. The fourth-order valence-corrected chi connectivity index (χ4v) is 4.36. The Balaban J connectivity index is 1.60. The zero-order valence-electron chi connectivity index (χ0n) is 19.0. The van der Waals surface area contributed by atoms with E-state index in [9.17, 15) is 14.8 Å². The van der Waals surface area contributed by atoms with Crippen LogP contribution in [0.15, 0.2) is 51.7 Å². The Hall–Kier alpha value is -2.77. The molecule has 0 radical (unpaired) electrons. The van der Waals surface area contributed by atoms with E-state index in [0.29, 0.717) is 46.4 Å². The fourth-order valence-electron chi connectivity index (χ4n) is 4.36. The van der Waals surface area contributed by atoms with Gasteiger partial charge in [0.25, 0.3) is 0 Å². The monoisotopic (exact) mass is 434 g/mol. The van der Waals surface area contributed by atoms with Crippen LogP contribution in [0.1, 0.15) is 37.8 Å². The second kappa shape index (κ2) is 9.00. The number of nitrogens with one attached hydrogen (secondary N) is 1. The molecule has 3 aromatic rings. The Morgan fingerprint density at radius 1 is 1.12 bits per heavy atom. The van der Waals surface area contributed by atoms with Crippen molar-refractivity contribution in [2.75, 3.05) is 29.9 Å². The zero-order valence-corrected chi connectivity index (χ0v) is 19.0. The number of rotatable bonds is 6. The lowest BCUT2D eigenvalue weighted by Crippen LogP contribution is -2.37. The third kappa shape index (κ3) is 4.84. The molecule has 7 heteroatoms. The second-order valence-corrected chi connectivity index (χ2v) is 9.54. The maximum atomic E-state index is 12.9. The van der Waals surface area contributed by atoms with Crippen LogP contribution in [0.2, 0.25) is 0 Å². The molecule has 4 rings (SSSR count). The first-order valence-electron chi connectivity index (χ1n) is 11.2. The molecule has 2 aromatic carbocycles. The van der Waals surface area contributed by atoms with E-state index in [4.69, 9.17) is 4.42 Å². The van der Waals surface area contributed by atoms with Crippen molar-refractivity contribution < 1.29 is 14.5 Å². The molecule has 1 aliphatic rings. The van der Waals surface area contributed by atoms with E-state index in [0.717, 1.165) is 37.1 Å². The number of hydrogen-bond donors (Lipinski definition) is 3. The van der Waals surface area contributed by atoms with Crippen LogP contribution in [-0.2, 0) is 6.42 Å². The van der Waals surface area contributed by atoms with Gasteiger partial charge in [-0.2, -0.15) is 0 Å². The number of para-hydroxylation sites is 1. The summed E-state index contributed by atoms with van der Waals surface area (Å²) in [6, 6.07) is 12.7. The Kier molecular flexibility index (Phi) is 6.31. The van der Waals surface area contributed by atoms with Crippen LogP contribution in [0.25, 0.3) is 11.0 Å². The first-order valence-corrected chi connectivity index (χ1v) is 11.2. The van der Waals surface area contributed by atoms with E-state index >= 15 is 0 Å². The van der Waals surface area contributed by atoms with Gasteiger partial charge in [0, 0.05) is 36.9 Å². The highest BCUT2D eigenvalue weighted by Crippen LogP contribution is 2.33. The smallest absolute Gasteiger partial charge is 0.440 e. The average molecular weight is 434 g/mol. The summed E-state index contributed by atoms with van der Waals surface area (Å²) in [5.41, 5.74) is 4.03. The molecular formula is C25H31BN2O4. The van der Waals surface area contributed by atoms with Gasteiger partial charge in [-0.15, -0.1) is 0 Å². The van der Waals surface area contributed by atoms with Gasteiger partial charge >= 0.3 is 7.12 Å². The minimum atomic E-state index is -1.53. The summed E-state index contributed by atoms with van der Waals surface area (Å²) in [5, 5.41) is 23.0. The van der Waals surface area contributed by atoms with Crippen molar-refractivity contribution in [1.82, 2.24) is 0 Å². The van der Waals surface area contributed by atoms with Gasteiger partial charge in [-0.3, -0.25) is 4.79 Å². The molecule has 0 spiro atoms. The summed E-state index contributed by atoms with van der Waals surface area (Å²) in [6.45, 7) is 8.86. The number of aryl methyl sites for hydroxylation is 1. The predicted molar refractivity (Wildman–Crippen MR) is 131 cm³/mol. The van der Waals surface area contributed by atoms with E-state index in [1.807, 2.05) is 25.1 Å². The van der Waals surface area contributed by atoms with Gasteiger partial charge in [-0.1, -0.05) is 38.1 Å². The minimum Gasteiger partial charge on any atom is -0.440 e. The van der Waals surface area contributed by atoms with Crippen LogP contribution in [0.4, 0.5) is 11.6 Å². The first kappa shape index (κ1) is 22.4. The topological polar surface area (TPSA) is 85.9 Å². The summed E-state index contributed by atoms with van der Waals surface area (Å²) in [6.07, 6.45) is 2.76. The summed E-state index contributed by atoms with van der Waals surface area (Å²) in [7, 11) is -1.53. The summed E-state index contributed by atoms with van der Waals surface area (Å²) >= 11 is 0. The molecular weight excluding hydrogens is 403 g/mol. The van der Waals surface area contributed by atoms with Gasteiger partial charge in [0.2, 0.25) is 0 Å². The highest BCUT2D eigenvalue weighted by molar-refractivity contribution is 6.60. The van der Waals surface area contributed by atoms with Crippen LogP contribution in [0.5, 0.6) is 0 Å². The first-order chi connectivity index (χ1) is 15.2. The van der Waals surface area contributed by atoms with Gasteiger partial charge in [0.05, 0.1) is 5.39 Å². The van der Waals surface area contributed by atoms with E-state index in [1.54, 1.807) is 18.2 Å². The third-order valence-electron chi connectivity index (χ3n) is 6.41. The van der Waals surface area contributed by atoms with Gasteiger partial charge in [-0.25, -0.2) is 0 Å². The number of nitrogens with zero attached hydrogens (tertiary/aromatic N) is 1. The standard InChI is InChI=1S/C25H31BN2O4/c1-17-14-18(8-11-27-21-7-5-4-6-20(21)26(30)31)24-19(15-17)22(29)16-23(32-24)28-12-9-25(2,3)10-13-28/h4-7,14-16,27,30-31H,8-13H2,1-3H3. The van der Waals surface area contributed by atoms with Gasteiger partial charge in [0.1, 0.15) is 5.58 Å². The van der Waals surface area contributed by atoms with E-state index in [2.05, 4.69) is 30.1 Å². The lowest BCUT2D eigenvalue weighted by atomic mass is 9.79. The second-order valence-electron chi connectivity index (χ2n) is 9.54. The quantitative estimate of drug-likeness (QED) is 0.517. The van der Waals surface area contributed by atoms with Gasteiger partial charge < -0.3 is 24.7 Å². The number of piperidine rings is 1. The number of anilines is 2. The van der Waals surface area contributed by atoms with Gasteiger partial charge in [-0.05, 0) is 54.9 Å². The van der Waals surface area contributed by atoms with Crippen LogP contribution in [0.3, 0.4) is 0 Å². The maximum Gasteiger partial charge on any atom is 0.490 e. The largest absolute Gasteiger partial charge is 0.490 e. The lowest BCUT2D eigenvalue weighted by molar-refractivity contribution is 0.274. The van der Waals surface area contributed by atoms with Crippen molar-refractivity contribution >= 4 is 35.1 Å². The number of hydrogen-bond acceptors (Lipinski definition) is 6. The lowest BCUT2D eigenvalue weighted by Gasteiger charge is -2.37. The van der Waals surface area contributed by atoms with Crippen LogP contribution in [0, 0.1) is 12.3 Å². The van der Waals surface area contributed by atoms with Crippen LogP contribution in [-0.4, -0.2) is 36.8 Å². The van der Waals surface area contributed by atoms with Crippen molar-refractivity contribution in [3.8, 4) is 0 Å². The molecule has 3 N–H and O–H groups in total. The molecule has 1 aromatic heterocycles. The molecule has 6 nitrogen and oxygen atoms in total. The Morgan fingerprint density at radius 2 is 1.84 bits per heavy atom. The summed E-state index contributed by atoms with van der Waals surface area (Å²) in [5.74, 6) is 0.643. The Bertz CT molecular complexity index is 1160. The molecule has 0 atom stereocenters. The molecule has 0 bridgehead atoms. The van der Waals surface area contributed by atoms with Crippen molar-refractivity contribution in [2.45, 2.75) is 40.0 Å². The SMILES string of the molecule is Cc1cc(CCNc2ccccc2B(O)O)c2oc(N3CCC(C)(C)CC3)cc(=O)c2c1. The van der Waals surface area contributed by atoms with E-state index < -0.39 is 7.12 Å². The van der Waals surface area contributed by atoms with E-state index in [-0.39, 0.29) is 5.43 Å². The van der Waals surface area contributed by atoms with Crippen molar-refractivity contribution in [3.63, 3.8) is 0 Å². The molecule has 1 fully saturated rings. The van der Waals surface area contributed by atoms with E-state index in [1.165, 1.54) is 0 Å². The molecule has 2 heterocycles. The summed E-state index contributed by atoms with van der Waals surface area (Å²) < 4.78 is 6.32. The molecule has 0 aliphatic carbocycles. The molecule has 168 valence electrons. The highest BCUT2D eigenvalue weighted by atomic mass is 16.4. The van der Waals surface area contributed by atoms with Crippen LogP contribution >= 0.6 is 0 Å². The minimum absolute atomic E-state index is 0.0160. The highest BCUT2D eigenvalue weighted by Gasteiger charge is 2.27. The predicted octanol–water partition coefficient (Wildman–Crippen LogP) is 3.06. The molecule has 0 unspecified atom stereocenters. The normalized spacial score (nSPS) is 15.7. The van der Waals surface area contributed by atoms with Crippen molar-refractivity contribution in [2.24, 2.45) is 5.41 Å². The zero-order chi connectivity index (χ0) is 22.9. The summed E-state index contributed by atoms with van der Waals surface area (Å²) in [4.78, 5) is 15.1. The molecule has 32 heavy (non-hydrogen) atoms. The fraction of sp³-hybridized carbons (Fsp3) is 0.400. The molecule has 1 saturated heterocycles. The number of fused-ring (bicyclic) bond motifs is 1. The van der Waals surface area contributed by atoms with Gasteiger partial charge in [0.15, 0.2) is 11.3 Å².